The first kappa shape index (κ1) is 6.55. The number of halogens is 2. The molecular formula is C6H3BrI. The highest BCUT2D eigenvalue weighted by atomic mass is 127. The van der Waals surface area contributed by atoms with Gasteiger partial charge in [0.1, 0.15) is 0 Å². The monoisotopic (exact) mass is 281 g/mol. The lowest BCUT2D eigenvalue weighted by Crippen LogP contribution is -1.69. The highest BCUT2D eigenvalue weighted by molar-refractivity contribution is 14.1. The number of hydrogen-bond donors (Lipinski definition) is 0. The Hall–Kier alpha value is 0.430. The van der Waals surface area contributed by atoms with E-state index in [9.17, 15) is 0 Å². The van der Waals surface area contributed by atoms with Crippen LogP contribution in [0.5, 0.6) is 0 Å². The first-order chi connectivity index (χ1) is 3.80. The molecule has 0 saturated heterocycles. The molecule has 0 aliphatic heterocycles. The molecule has 0 atom stereocenters. The van der Waals surface area contributed by atoms with Crippen molar-refractivity contribution in [3.63, 3.8) is 0 Å². The van der Waals surface area contributed by atoms with Gasteiger partial charge < -0.3 is 0 Å². The zero-order valence-corrected chi connectivity index (χ0v) is 7.73. The van der Waals surface area contributed by atoms with E-state index >= 15 is 0 Å². The second-order valence-corrected chi connectivity index (χ2v) is 3.29. The maximum atomic E-state index is 3.33. The summed E-state index contributed by atoms with van der Waals surface area (Å²) in [7, 11) is 0. The van der Waals surface area contributed by atoms with Crippen molar-refractivity contribution in [1.82, 2.24) is 0 Å². The van der Waals surface area contributed by atoms with Crippen LogP contribution < -0.4 is 0 Å². The minimum atomic E-state index is 1.04. The van der Waals surface area contributed by atoms with Gasteiger partial charge in [-0.25, -0.2) is 0 Å². The van der Waals surface area contributed by atoms with Crippen LogP contribution in [0.15, 0.2) is 22.7 Å². The van der Waals surface area contributed by atoms with Gasteiger partial charge in [-0.15, -0.1) is 0 Å². The summed E-state index contributed by atoms with van der Waals surface area (Å²) < 4.78 is 2.24. The molecule has 0 amide bonds. The lowest BCUT2D eigenvalue weighted by molar-refractivity contribution is 1.57. The first-order valence-corrected chi connectivity index (χ1v) is 3.99. The molecular weight excluding hydrogens is 279 g/mol. The summed E-state index contributed by atoms with van der Waals surface area (Å²) in [5.41, 5.74) is 0. The van der Waals surface area contributed by atoms with E-state index in [1.165, 1.54) is 3.57 Å². The molecule has 0 aliphatic rings. The molecule has 0 saturated carbocycles. The van der Waals surface area contributed by atoms with Crippen LogP contribution in [0.25, 0.3) is 0 Å². The van der Waals surface area contributed by atoms with Crippen molar-refractivity contribution in [3.8, 4) is 0 Å². The van der Waals surface area contributed by atoms with Crippen molar-refractivity contribution in [2.75, 3.05) is 0 Å². The summed E-state index contributed by atoms with van der Waals surface area (Å²) in [5.74, 6) is 0. The van der Waals surface area contributed by atoms with E-state index in [-0.39, 0.29) is 0 Å². The lowest BCUT2D eigenvalue weighted by Gasteiger charge is -1.88. The molecule has 0 heterocycles. The number of rotatable bonds is 0. The van der Waals surface area contributed by atoms with Crippen molar-refractivity contribution in [2.24, 2.45) is 0 Å². The molecule has 0 nitrogen and oxygen atoms in total. The highest BCUT2D eigenvalue weighted by Gasteiger charge is 1.88. The molecule has 1 radical (unpaired) electrons. The van der Waals surface area contributed by atoms with Crippen LogP contribution in [0.3, 0.4) is 0 Å². The molecule has 8 heavy (non-hydrogen) atoms. The Morgan fingerprint density at radius 2 is 2.38 bits per heavy atom. The Morgan fingerprint density at radius 3 is 2.75 bits per heavy atom. The average Bonchev–Trinajstić information content (AvgIpc) is 1.77. The predicted molar refractivity (Wildman–Crippen MR) is 45.7 cm³/mol. The molecule has 1 aromatic carbocycles. The summed E-state index contributed by atoms with van der Waals surface area (Å²) in [4.78, 5) is 0. The van der Waals surface area contributed by atoms with Crippen LogP contribution in [0.1, 0.15) is 0 Å². The van der Waals surface area contributed by atoms with Crippen LogP contribution in [-0.2, 0) is 0 Å². The van der Waals surface area contributed by atoms with Gasteiger partial charge in [0.15, 0.2) is 0 Å². The normalized spacial score (nSPS) is 9.25. The van der Waals surface area contributed by atoms with Gasteiger partial charge in [0, 0.05) is 8.04 Å². The molecule has 0 unspecified atom stereocenters. The van der Waals surface area contributed by atoms with Crippen LogP contribution in [-0.4, -0.2) is 0 Å². The van der Waals surface area contributed by atoms with Crippen LogP contribution in [0, 0.1) is 9.64 Å². The number of benzene rings is 1. The van der Waals surface area contributed by atoms with E-state index in [4.69, 9.17) is 0 Å². The van der Waals surface area contributed by atoms with Gasteiger partial charge in [0.05, 0.1) is 0 Å². The third-order valence-electron chi connectivity index (χ3n) is 0.759. The van der Waals surface area contributed by atoms with Crippen molar-refractivity contribution < 1.29 is 0 Å². The van der Waals surface area contributed by atoms with Crippen LogP contribution >= 0.6 is 38.5 Å². The molecule has 0 fully saturated rings. The topological polar surface area (TPSA) is 0 Å². The largest absolute Gasteiger partial charge is 0.0605 e. The minimum absolute atomic E-state index is 1.04. The van der Waals surface area contributed by atoms with Gasteiger partial charge in [-0.2, -0.15) is 0 Å². The Balaban J connectivity index is 3.13. The molecule has 1 rings (SSSR count). The quantitative estimate of drug-likeness (QED) is 0.642. The fraction of sp³-hybridized carbons (Fsp3) is 0. The predicted octanol–water partition coefficient (Wildman–Crippen LogP) is 2.85. The number of hydrogen-bond acceptors (Lipinski definition) is 0. The summed E-state index contributed by atoms with van der Waals surface area (Å²) in [6.07, 6.45) is 0. The van der Waals surface area contributed by atoms with E-state index in [1.807, 2.05) is 18.2 Å². The molecule has 0 aliphatic carbocycles. The van der Waals surface area contributed by atoms with E-state index in [1.54, 1.807) is 0 Å². The summed E-state index contributed by atoms with van der Waals surface area (Å²) in [5, 5.41) is 0. The maximum absolute atomic E-state index is 3.33. The van der Waals surface area contributed by atoms with Crippen molar-refractivity contribution in [1.29, 1.82) is 0 Å². The average molecular weight is 282 g/mol. The minimum Gasteiger partial charge on any atom is -0.0605 e. The maximum Gasteiger partial charge on any atom is 0.0387 e. The third kappa shape index (κ3) is 1.45. The summed E-state index contributed by atoms with van der Waals surface area (Å²) in [6, 6.07) is 8.88. The standard InChI is InChI=1S/C6H3BrI/c7-5-3-1-2-4-6(5)8/h1-2,4H. The second kappa shape index (κ2) is 2.82. The Labute approximate surface area is 70.6 Å². The fourth-order valence-corrected chi connectivity index (χ4v) is 1.02. The SMILES string of the molecule is Brc1[c]cccc1I. The highest BCUT2D eigenvalue weighted by Crippen LogP contribution is 2.16. The molecule has 0 spiro atoms. The Bertz CT molecular complexity index is 165. The molecule has 0 N–H and O–H groups in total. The Kier molecular flexibility index (Phi) is 2.31. The Morgan fingerprint density at radius 1 is 1.62 bits per heavy atom. The van der Waals surface area contributed by atoms with E-state index in [0.29, 0.717) is 0 Å². The van der Waals surface area contributed by atoms with Crippen LogP contribution in [0.2, 0.25) is 0 Å². The van der Waals surface area contributed by atoms with Gasteiger partial charge in [0.25, 0.3) is 0 Å². The van der Waals surface area contributed by atoms with Gasteiger partial charge in [0.2, 0.25) is 0 Å². The van der Waals surface area contributed by atoms with Gasteiger partial charge >= 0.3 is 0 Å². The second-order valence-electron chi connectivity index (χ2n) is 1.33. The molecule has 2 heteroatoms. The van der Waals surface area contributed by atoms with Crippen molar-refractivity contribution in [2.45, 2.75) is 0 Å². The third-order valence-corrected chi connectivity index (χ3v) is 3.05. The van der Waals surface area contributed by atoms with E-state index in [2.05, 4.69) is 44.6 Å². The van der Waals surface area contributed by atoms with Crippen molar-refractivity contribution >= 4 is 38.5 Å². The molecule has 0 aromatic heterocycles. The molecule has 0 bridgehead atoms. The van der Waals surface area contributed by atoms with Gasteiger partial charge in [-0.3, -0.25) is 0 Å². The van der Waals surface area contributed by atoms with Gasteiger partial charge in [-0.1, -0.05) is 12.1 Å². The first-order valence-electron chi connectivity index (χ1n) is 2.12. The fourth-order valence-electron chi connectivity index (χ4n) is 0.396. The van der Waals surface area contributed by atoms with E-state index < -0.39 is 0 Å². The smallest absolute Gasteiger partial charge is 0.0387 e. The van der Waals surface area contributed by atoms with Crippen LogP contribution in [0.4, 0.5) is 0 Å². The zero-order chi connectivity index (χ0) is 5.98. The van der Waals surface area contributed by atoms with Gasteiger partial charge in [-0.05, 0) is 50.7 Å². The lowest BCUT2D eigenvalue weighted by atomic mass is 10.4. The summed E-state index contributed by atoms with van der Waals surface area (Å²) >= 11 is 5.58. The molecule has 41 valence electrons. The zero-order valence-electron chi connectivity index (χ0n) is 3.99. The van der Waals surface area contributed by atoms with Crippen molar-refractivity contribution in [3.05, 3.63) is 32.3 Å². The van der Waals surface area contributed by atoms with E-state index in [0.717, 1.165) is 4.47 Å². The molecule has 1 aromatic rings. The summed E-state index contributed by atoms with van der Waals surface area (Å²) in [6.45, 7) is 0.